The first-order valence-corrected chi connectivity index (χ1v) is 6.54. The lowest BCUT2D eigenvalue weighted by Gasteiger charge is -2.04. The normalized spacial score (nSPS) is 12.2. The van der Waals surface area contributed by atoms with Crippen LogP contribution in [0.3, 0.4) is 0 Å². The average molecular weight is 216 g/mol. The van der Waals surface area contributed by atoms with Crippen molar-refractivity contribution in [2.75, 3.05) is 5.75 Å². The molecule has 0 spiro atoms. The Labute approximate surface area is 85.0 Å². The third-order valence-corrected chi connectivity index (χ3v) is 3.53. The van der Waals surface area contributed by atoms with Crippen LogP contribution in [0.5, 0.6) is 0 Å². The molecule has 0 aromatic carbocycles. The largest absolute Gasteiger partial charge is 0.468 e. The van der Waals surface area contributed by atoms with Crippen molar-refractivity contribution >= 4 is 9.84 Å². The Bertz CT molecular complexity index is 349. The Hall–Kier alpha value is -0.770. The van der Waals surface area contributed by atoms with Crippen LogP contribution in [0.15, 0.2) is 22.8 Å². The molecule has 0 radical (unpaired) electrons. The first-order valence-electron chi connectivity index (χ1n) is 4.72. The van der Waals surface area contributed by atoms with E-state index in [2.05, 4.69) is 0 Å². The van der Waals surface area contributed by atoms with Gasteiger partial charge in [0.05, 0.1) is 12.0 Å². The Kier molecular flexibility index (Phi) is 3.75. The van der Waals surface area contributed by atoms with E-state index in [0.717, 1.165) is 0 Å². The number of rotatable bonds is 5. The highest BCUT2D eigenvalue weighted by molar-refractivity contribution is 7.90. The van der Waals surface area contributed by atoms with Crippen LogP contribution >= 0.6 is 0 Å². The second-order valence-electron chi connectivity index (χ2n) is 3.85. The molecule has 80 valence electrons. The van der Waals surface area contributed by atoms with Gasteiger partial charge in [0.25, 0.3) is 0 Å². The summed E-state index contributed by atoms with van der Waals surface area (Å²) in [6.45, 7) is 4.03. The maximum absolute atomic E-state index is 11.5. The topological polar surface area (TPSA) is 47.3 Å². The van der Waals surface area contributed by atoms with Gasteiger partial charge in [-0.1, -0.05) is 13.8 Å². The van der Waals surface area contributed by atoms with Gasteiger partial charge in [-0.05, 0) is 24.5 Å². The molecule has 0 bridgehead atoms. The third kappa shape index (κ3) is 3.96. The lowest BCUT2D eigenvalue weighted by molar-refractivity contribution is 0.518. The molecular formula is C10H16O3S. The Morgan fingerprint density at radius 3 is 2.64 bits per heavy atom. The highest BCUT2D eigenvalue weighted by Gasteiger charge is 2.14. The molecule has 0 aliphatic heterocycles. The fourth-order valence-corrected chi connectivity index (χ4v) is 2.67. The molecule has 3 nitrogen and oxygen atoms in total. The molecule has 1 heterocycles. The fourth-order valence-electron chi connectivity index (χ4n) is 1.10. The molecule has 0 aliphatic carbocycles. The lowest BCUT2D eigenvalue weighted by atomic mass is 10.2. The van der Waals surface area contributed by atoms with E-state index in [9.17, 15) is 8.42 Å². The second kappa shape index (κ2) is 4.64. The first kappa shape index (κ1) is 11.3. The van der Waals surface area contributed by atoms with E-state index in [1.165, 1.54) is 6.26 Å². The quantitative estimate of drug-likeness (QED) is 0.758. The van der Waals surface area contributed by atoms with Gasteiger partial charge in [-0.25, -0.2) is 8.42 Å². The van der Waals surface area contributed by atoms with E-state index in [0.29, 0.717) is 18.1 Å². The molecule has 0 atom stereocenters. The van der Waals surface area contributed by atoms with Crippen molar-refractivity contribution in [1.29, 1.82) is 0 Å². The summed E-state index contributed by atoms with van der Waals surface area (Å²) in [7, 11) is -2.99. The van der Waals surface area contributed by atoms with Crippen LogP contribution in [0.25, 0.3) is 0 Å². The maximum atomic E-state index is 11.5. The van der Waals surface area contributed by atoms with Gasteiger partial charge >= 0.3 is 0 Å². The zero-order valence-corrected chi connectivity index (χ0v) is 9.38. The van der Waals surface area contributed by atoms with Crippen molar-refractivity contribution < 1.29 is 12.8 Å². The molecule has 0 amide bonds. The Balaban J connectivity index is 2.51. The lowest BCUT2D eigenvalue weighted by Crippen LogP contribution is -2.10. The summed E-state index contributed by atoms with van der Waals surface area (Å²) < 4.78 is 28.1. The van der Waals surface area contributed by atoms with Gasteiger partial charge in [0, 0.05) is 0 Å². The average Bonchev–Trinajstić information content (AvgIpc) is 2.53. The minimum absolute atomic E-state index is 0.0206. The molecule has 0 saturated heterocycles. The summed E-state index contributed by atoms with van der Waals surface area (Å²) in [5, 5.41) is 0. The van der Waals surface area contributed by atoms with Crippen LogP contribution < -0.4 is 0 Å². The SMILES string of the molecule is CC(C)CCS(=O)(=O)Cc1ccco1. The van der Waals surface area contributed by atoms with Crippen LogP contribution in [-0.4, -0.2) is 14.2 Å². The van der Waals surface area contributed by atoms with Gasteiger partial charge in [-0.3, -0.25) is 0 Å². The van der Waals surface area contributed by atoms with Crippen molar-refractivity contribution in [2.45, 2.75) is 26.0 Å². The molecule has 1 aromatic heterocycles. The summed E-state index contributed by atoms with van der Waals surface area (Å²) in [6, 6.07) is 3.39. The van der Waals surface area contributed by atoms with Crippen LogP contribution in [0.2, 0.25) is 0 Å². The van der Waals surface area contributed by atoms with E-state index in [4.69, 9.17) is 4.42 Å². The summed E-state index contributed by atoms with van der Waals surface area (Å²) in [5.41, 5.74) is 0. The third-order valence-electron chi connectivity index (χ3n) is 1.95. The minimum atomic E-state index is -2.99. The van der Waals surface area contributed by atoms with E-state index >= 15 is 0 Å². The van der Waals surface area contributed by atoms with Crippen molar-refractivity contribution in [3.8, 4) is 0 Å². The smallest absolute Gasteiger partial charge is 0.157 e. The zero-order chi connectivity index (χ0) is 10.6. The van der Waals surface area contributed by atoms with Crippen LogP contribution in [0.1, 0.15) is 26.0 Å². The van der Waals surface area contributed by atoms with E-state index < -0.39 is 9.84 Å². The van der Waals surface area contributed by atoms with Gasteiger partial charge in [0.15, 0.2) is 9.84 Å². The van der Waals surface area contributed by atoms with Crippen molar-refractivity contribution in [3.63, 3.8) is 0 Å². The molecule has 0 aliphatic rings. The van der Waals surface area contributed by atoms with E-state index in [1.807, 2.05) is 13.8 Å². The predicted octanol–water partition coefficient (Wildman–Crippen LogP) is 2.24. The monoisotopic (exact) mass is 216 g/mol. The van der Waals surface area contributed by atoms with Gasteiger partial charge in [-0.15, -0.1) is 0 Å². The van der Waals surface area contributed by atoms with Gasteiger partial charge in [0.2, 0.25) is 0 Å². The molecule has 14 heavy (non-hydrogen) atoms. The number of sulfone groups is 1. The summed E-state index contributed by atoms with van der Waals surface area (Å²) in [4.78, 5) is 0. The molecule has 1 rings (SSSR count). The highest BCUT2D eigenvalue weighted by atomic mass is 32.2. The summed E-state index contributed by atoms with van der Waals surface area (Å²) in [6.07, 6.45) is 2.20. The Morgan fingerprint density at radius 2 is 2.14 bits per heavy atom. The minimum Gasteiger partial charge on any atom is -0.468 e. The van der Waals surface area contributed by atoms with Crippen LogP contribution in [-0.2, 0) is 15.6 Å². The molecule has 0 N–H and O–H groups in total. The van der Waals surface area contributed by atoms with Gasteiger partial charge in [-0.2, -0.15) is 0 Å². The summed E-state index contributed by atoms with van der Waals surface area (Å²) in [5.74, 6) is 1.20. The van der Waals surface area contributed by atoms with E-state index in [1.54, 1.807) is 12.1 Å². The maximum Gasteiger partial charge on any atom is 0.157 e. The van der Waals surface area contributed by atoms with Crippen molar-refractivity contribution in [2.24, 2.45) is 5.92 Å². The molecule has 0 saturated carbocycles. The number of hydrogen-bond donors (Lipinski definition) is 0. The Morgan fingerprint density at radius 1 is 1.43 bits per heavy atom. The first-order chi connectivity index (χ1) is 6.49. The molecule has 0 fully saturated rings. The standard InChI is InChI=1S/C10H16O3S/c1-9(2)5-7-14(11,12)8-10-4-3-6-13-10/h3-4,6,9H,5,7-8H2,1-2H3. The van der Waals surface area contributed by atoms with Gasteiger partial charge in [0.1, 0.15) is 11.5 Å². The summed E-state index contributed by atoms with van der Waals surface area (Å²) >= 11 is 0. The molecular weight excluding hydrogens is 200 g/mol. The fraction of sp³-hybridized carbons (Fsp3) is 0.600. The molecule has 4 heteroatoms. The van der Waals surface area contributed by atoms with Crippen LogP contribution in [0.4, 0.5) is 0 Å². The highest BCUT2D eigenvalue weighted by Crippen LogP contribution is 2.10. The zero-order valence-electron chi connectivity index (χ0n) is 8.56. The second-order valence-corrected chi connectivity index (χ2v) is 6.04. The number of hydrogen-bond acceptors (Lipinski definition) is 3. The number of furan rings is 1. The van der Waals surface area contributed by atoms with Crippen molar-refractivity contribution in [1.82, 2.24) is 0 Å². The predicted molar refractivity (Wildman–Crippen MR) is 55.7 cm³/mol. The molecule has 1 aromatic rings. The van der Waals surface area contributed by atoms with Gasteiger partial charge < -0.3 is 4.42 Å². The van der Waals surface area contributed by atoms with E-state index in [-0.39, 0.29) is 11.5 Å². The molecule has 0 unspecified atom stereocenters. The van der Waals surface area contributed by atoms with Crippen LogP contribution in [0, 0.1) is 5.92 Å². The van der Waals surface area contributed by atoms with Crippen molar-refractivity contribution in [3.05, 3.63) is 24.2 Å².